The second-order valence-electron chi connectivity index (χ2n) is 4.51. The van der Waals surface area contributed by atoms with Gasteiger partial charge in [-0.3, -0.25) is 10.1 Å². The van der Waals surface area contributed by atoms with Crippen LogP contribution >= 0.6 is 0 Å². The second-order valence-corrected chi connectivity index (χ2v) is 4.51. The molecule has 0 saturated carbocycles. The second kappa shape index (κ2) is 5.20. The Morgan fingerprint density at radius 3 is 2.94 bits per heavy atom. The molecule has 1 unspecified atom stereocenters. The lowest BCUT2D eigenvalue weighted by Gasteiger charge is -2.22. The van der Waals surface area contributed by atoms with Gasteiger partial charge in [0.05, 0.1) is 4.92 Å². The lowest BCUT2D eigenvalue weighted by Crippen LogP contribution is -2.28. The van der Waals surface area contributed by atoms with Crippen LogP contribution in [0.2, 0.25) is 0 Å². The molecule has 6 nitrogen and oxygen atoms in total. The van der Waals surface area contributed by atoms with Gasteiger partial charge in [0, 0.05) is 25.2 Å². The Bertz CT molecular complexity index is 450. The summed E-state index contributed by atoms with van der Waals surface area (Å²) in [6, 6.07) is 3.50. The standard InChI is InChI=1S/C12H18N4O2/c1-3-13-11-7-6-10(16(17)18)12(14-11)15-8-4-5-9(15)2/h6-7,9H,3-5,8H2,1-2H3,(H,13,14). The molecule has 1 aromatic heterocycles. The minimum atomic E-state index is -0.358. The number of hydrogen-bond donors (Lipinski definition) is 1. The van der Waals surface area contributed by atoms with Crippen molar-refractivity contribution in [1.29, 1.82) is 0 Å². The Balaban J connectivity index is 2.40. The monoisotopic (exact) mass is 250 g/mol. The topological polar surface area (TPSA) is 71.3 Å². The van der Waals surface area contributed by atoms with Gasteiger partial charge < -0.3 is 10.2 Å². The molecule has 98 valence electrons. The van der Waals surface area contributed by atoms with E-state index >= 15 is 0 Å². The summed E-state index contributed by atoms with van der Waals surface area (Å²) in [5.74, 6) is 1.18. The van der Waals surface area contributed by atoms with E-state index in [4.69, 9.17) is 0 Å². The van der Waals surface area contributed by atoms with Gasteiger partial charge in [-0.25, -0.2) is 4.98 Å². The van der Waals surface area contributed by atoms with Crippen LogP contribution in [0, 0.1) is 10.1 Å². The highest BCUT2D eigenvalue weighted by Gasteiger charge is 2.28. The highest BCUT2D eigenvalue weighted by Crippen LogP contribution is 2.32. The van der Waals surface area contributed by atoms with Gasteiger partial charge in [0.2, 0.25) is 5.82 Å². The largest absolute Gasteiger partial charge is 0.370 e. The zero-order chi connectivity index (χ0) is 13.1. The summed E-state index contributed by atoms with van der Waals surface area (Å²) < 4.78 is 0. The van der Waals surface area contributed by atoms with Crippen LogP contribution in [0.1, 0.15) is 26.7 Å². The van der Waals surface area contributed by atoms with Crippen LogP contribution in [-0.4, -0.2) is 29.0 Å². The predicted molar refractivity (Wildman–Crippen MR) is 71.1 cm³/mol. The quantitative estimate of drug-likeness (QED) is 0.656. The molecule has 1 aromatic rings. The first-order valence-corrected chi connectivity index (χ1v) is 6.29. The molecule has 2 rings (SSSR count). The van der Waals surface area contributed by atoms with Gasteiger partial charge in [0.15, 0.2) is 0 Å². The molecule has 0 radical (unpaired) electrons. The maximum atomic E-state index is 11.1. The minimum Gasteiger partial charge on any atom is -0.370 e. The van der Waals surface area contributed by atoms with E-state index < -0.39 is 0 Å². The van der Waals surface area contributed by atoms with E-state index in [2.05, 4.69) is 17.2 Å². The van der Waals surface area contributed by atoms with E-state index in [1.54, 1.807) is 6.07 Å². The Labute approximate surface area is 106 Å². The van der Waals surface area contributed by atoms with E-state index in [1.807, 2.05) is 11.8 Å². The fraction of sp³-hybridized carbons (Fsp3) is 0.583. The molecule has 1 aliphatic heterocycles. The number of hydrogen-bond acceptors (Lipinski definition) is 5. The molecule has 0 spiro atoms. The van der Waals surface area contributed by atoms with Crippen LogP contribution in [0.25, 0.3) is 0 Å². The van der Waals surface area contributed by atoms with Crippen LogP contribution < -0.4 is 10.2 Å². The summed E-state index contributed by atoms with van der Waals surface area (Å²) in [5.41, 5.74) is 0.0883. The molecule has 0 amide bonds. The average molecular weight is 250 g/mol. The van der Waals surface area contributed by atoms with E-state index in [9.17, 15) is 10.1 Å². The number of nitro groups is 1. The molecular weight excluding hydrogens is 232 g/mol. The molecule has 0 bridgehead atoms. The first-order valence-electron chi connectivity index (χ1n) is 6.29. The van der Waals surface area contributed by atoms with Gasteiger partial charge in [-0.15, -0.1) is 0 Å². The maximum absolute atomic E-state index is 11.1. The first kappa shape index (κ1) is 12.6. The lowest BCUT2D eigenvalue weighted by molar-refractivity contribution is -0.384. The highest BCUT2D eigenvalue weighted by molar-refractivity contribution is 5.62. The summed E-state index contributed by atoms with van der Waals surface area (Å²) in [5, 5.41) is 14.2. The summed E-state index contributed by atoms with van der Waals surface area (Å²) in [7, 11) is 0. The van der Waals surface area contributed by atoms with Crippen molar-refractivity contribution in [3.05, 3.63) is 22.2 Å². The SMILES string of the molecule is CCNc1ccc([N+](=O)[O-])c(N2CCCC2C)n1. The molecule has 6 heteroatoms. The van der Waals surface area contributed by atoms with Crippen molar-refractivity contribution in [3.63, 3.8) is 0 Å². The fourth-order valence-corrected chi connectivity index (χ4v) is 2.32. The van der Waals surface area contributed by atoms with E-state index in [0.29, 0.717) is 17.7 Å². The number of nitrogens with one attached hydrogen (secondary N) is 1. The van der Waals surface area contributed by atoms with Gasteiger partial charge >= 0.3 is 5.69 Å². The molecule has 1 aliphatic rings. The van der Waals surface area contributed by atoms with Gasteiger partial charge in [-0.2, -0.15) is 0 Å². The van der Waals surface area contributed by atoms with Gasteiger partial charge in [0.1, 0.15) is 5.82 Å². The Hall–Kier alpha value is -1.85. The van der Waals surface area contributed by atoms with Crippen LogP contribution in [-0.2, 0) is 0 Å². The normalized spacial score (nSPS) is 19.0. The van der Waals surface area contributed by atoms with Crippen LogP contribution in [0.15, 0.2) is 12.1 Å². The number of nitrogens with zero attached hydrogens (tertiary/aromatic N) is 3. The first-order chi connectivity index (χ1) is 8.63. The molecule has 1 atom stereocenters. The van der Waals surface area contributed by atoms with E-state index in [1.165, 1.54) is 6.07 Å². The van der Waals surface area contributed by atoms with Crippen molar-refractivity contribution in [3.8, 4) is 0 Å². The third kappa shape index (κ3) is 2.37. The van der Waals surface area contributed by atoms with Crippen molar-refractivity contribution in [2.45, 2.75) is 32.7 Å². The molecule has 1 N–H and O–H groups in total. The fourth-order valence-electron chi connectivity index (χ4n) is 2.32. The summed E-state index contributed by atoms with van der Waals surface area (Å²) in [4.78, 5) is 17.1. The third-order valence-corrected chi connectivity index (χ3v) is 3.23. The zero-order valence-corrected chi connectivity index (χ0v) is 10.7. The third-order valence-electron chi connectivity index (χ3n) is 3.23. The number of rotatable bonds is 4. The number of anilines is 2. The van der Waals surface area contributed by atoms with Crippen molar-refractivity contribution in [2.24, 2.45) is 0 Å². The molecule has 0 aliphatic carbocycles. The van der Waals surface area contributed by atoms with Crippen molar-refractivity contribution in [1.82, 2.24) is 4.98 Å². The Morgan fingerprint density at radius 1 is 1.61 bits per heavy atom. The number of pyridine rings is 1. The smallest absolute Gasteiger partial charge is 0.311 e. The van der Waals surface area contributed by atoms with Crippen molar-refractivity contribution < 1.29 is 4.92 Å². The molecule has 0 aromatic carbocycles. The zero-order valence-electron chi connectivity index (χ0n) is 10.7. The van der Waals surface area contributed by atoms with Gasteiger partial charge in [-0.05, 0) is 32.8 Å². The lowest BCUT2D eigenvalue weighted by atomic mass is 10.2. The maximum Gasteiger partial charge on any atom is 0.311 e. The summed E-state index contributed by atoms with van der Waals surface area (Å²) in [6.45, 7) is 5.64. The summed E-state index contributed by atoms with van der Waals surface area (Å²) >= 11 is 0. The Morgan fingerprint density at radius 2 is 2.39 bits per heavy atom. The minimum absolute atomic E-state index is 0.0883. The van der Waals surface area contributed by atoms with Gasteiger partial charge in [-0.1, -0.05) is 0 Å². The Kier molecular flexibility index (Phi) is 3.64. The van der Waals surface area contributed by atoms with E-state index in [-0.39, 0.29) is 10.6 Å². The van der Waals surface area contributed by atoms with Gasteiger partial charge in [0.25, 0.3) is 0 Å². The predicted octanol–water partition coefficient (Wildman–Crippen LogP) is 2.41. The van der Waals surface area contributed by atoms with Crippen molar-refractivity contribution in [2.75, 3.05) is 23.3 Å². The van der Waals surface area contributed by atoms with Crippen molar-refractivity contribution >= 4 is 17.3 Å². The average Bonchev–Trinajstić information content (AvgIpc) is 2.75. The highest BCUT2D eigenvalue weighted by atomic mass is 16.6. The number of aromatic nitrogens is 1. The van der Waals surface area contributed by atoms with E-state index in [0.717, 1.165) is 25.9 Å². The van der Waals surface area contributed by atoms with Crippen LogP contribution in [0.4, 0.5) is 17.3 Å². The molecule has 1 saturated heterocycles. The van der Waals surface area contributed by atoms with Crippen LogP contribution in [0.5, 0.6) is 0 Å². The molecule has 2 heterocycles. The molecule has 1 fully saturated rings. The van der Waals surface area contributed by atoms with Crippen LogP contribution in [0.3, 0.4) is 0 Å². The molecule has 18 heavy (non-hydrogen) atoms. The molecular formula is C12H18N4O2. The summed E-state index contributed by atoms with van der Waals surface area (Å²) in [6.07, 6.45) is 2.12.